The van der Waals surface area contributed by atoms with Crippen LogP contribution >= 0.6 is 11.6 Å². The molecule has 216 valence electrons. The van der Waals surface area contributed by atoms with Crippen molar-refractivity contribution in [3.8, 4) is 16.9 Å². The first-order valence-electron chi connectivity index (χ1n) is 14.3. The van der Waals surface area contributed by atoms with Gasteiger partial charge in [-0.3, -0.25) is 9.98 Å². The van der Waals surface area contributed by atoms with Gasteiger partial charge in [-0.1, -0.05) is 30.2 Å². The number of benzene rings is 2. The number of aromatic amines is 1. The van der Waals surface area contributed by atoms with Crippen LogP contribution in [0.1, 0.15) is 62.6 Å². The van der Waals surface area contributed by atoms with E-state index in [1.165, 1.54) is 16.5 Å². The van der Waals surface area contributed by atoms with Gasteiger partial charge in [-0.2, -0.15) is 4.98 Å². The Labute approximate surface area is 244 Å². The van der Waals surface area contributed by atoms with Crippen LogP contribution in [0.3, 0.4) is 0 Å². The third kappa shape index (κ3) is 6.86. The Morgan fingerprint density at radius 3 is 2.83 bits per heavy atom. The number of H-pyrrole nitrogens is 1. The van der Waals surface area contributed by atoms with Gasteiger partial charge in [-0.15, -0.1) is 0 Å². The Kier molecular flexibility index (Phi) is 9.17. The lowest BCUT2D eigenvalue weighted by Gasteiger charge is -2.31. The maximum Gasteiger partial charge on any atom is 0.354 e. The molecule has 0 radical (unpaired) electrons. The number of halogens is 2. The van der Waals surface area contributed by atoms with E-state index in [4.69, 9.17) is 22.7 Å². The van der Waals surface area contributed by atoms with Crippen molar-refractivity contribution < 1.29 is 4.39 Å². The van der Waals surface area contributed by atoms with Crippen LogP contribution in [0.4, 0.5) is 4.39 Å². The number of nitrogens with zero attached hydrogens (tertiary/aromatic N) is 2. The van der Waals surface area contributed by atoms with Crippen LogP contribution in [0.5, 0.6) is 0 Å². The summed E-state index contributed by atoms with van der Waals surface area (Å²) in [7, 11) is 0. The monoisotopic (exact) mass is 577 g/mol. The van der Waals surface area contributed by atoms with Gasteiger partial charge in [0.2, 0.25) is 0 Å². The highest BCUT2D eigenvalue weighted by molar-refractivity contribution is 6.31. The molecule has 1 aliphatic heterocycles. The number of hydrogen-bond donors (Lipinski definition) is 5. The average Bonchev–Trinajstić information content (AvgIpc) is 3.37. The molecule has 1 fully saturated rings. The second kappa shape index (κ2) is 13.0. The molecule has 3 atom stereocenters. The molecule has 0 bridgehead atoms. The summed E-state index contributed by atoms with van der Waals surface area (Å²) in [5.41, 5.74) is 9.53. The highest BCUT2D eigenvalue weighted by atomic mass is 35.5. The molecule has 2 aromatic carbocycles. The zero-order valence-corrected chi connectivity index (χ0v) is 24.0. The summed E-state index contributed by atoms with van der Waals surface area (Å²) in [5.74, 6) is -0.510. The normalized spacial score (nSPS) is 18.0. The maximum absolute atomic E-state index is 15.1. The van der Waals surface area contributed by atoms with E-state index in [0.717, 1.165) is 57.1 Å². The standard InChI is InChI=1S/C31H37ClFN7O/c1-19(35)4-2-5-20-14-25(29(33)26(32)15-20)28-16-22-17-40(31(41)39-30(22)38-28)24-10-8-21(9-11-24)27-7-3-6-23(37-27)12-13-36-18-34/h8-11,14-19,23,27,37H,2-7,12-13,35H2,1H3,(H2,34,36)(H,38,39,41)/t19-,23-,27-/m0/s1. The largest absolute Gasteiger partial charge is 0.377 e. The molecule has 3 heterocycles. The first kappa shape index (κ1) is 29.0. The van der Waals surface area contributed by atoms with Gasteiger partial charge in [0, 0.05) is 41.8 Å². The number of piperidine rings is 1. The smallest absolute Gasteiger partial charge is 0.354 e. The summed E-state index contributed by atoms with van der Waals surface area (Å²) in [5, 5.41) is 14.6. The van der Waals surface area contributed by atoms with E-state index in [1.807, 2.05) is 19.1 Å². The summed E-state index contributed by atoms with van der Waals surface area (Å²) in [4.78, 5) is 20.3. The van der Waals surface area contributed by atoms with E-state index in [1.54, 1.807) is 24.4 Å². The van der Waals surface area contributed by atoms with E-state index in [2.05, 4.69) is 32.7 Å². The molecular weight excluding hydrogens is 541 g/mol. The Morgan fingerprint density at radius 1 is 1.27 bits per heavy atom. The summed E-state index contributed by atoms with van der Waals surface area (Å²) in [6, 6.07) is 14.0. The van der Waals surface area contributed by atoms with Gasteiger partial charge in [-0.25, -0.2) is 9.18 Å². The van der Waals surface area contributed by atoms with Gasteiger partial charge in [0.05, 0.1) is 22.7 Å². The van der Waals surface area contributed by atoms with Gasteiger partial charge in [0.1, 0.15) is 5.65 Å². The molecule has 41 heavy (non-hydrogen) atoms. The van der Waals surface area contributed by atoms with Crippen LogP contribution in [-0.4, -0.2) is 39.5 Å². The van der Waals surface area contributed by atoms with Gasteiger partial charge >= 0.3 is 5.69 Å². The molecule has 6 N–H and O–H groups in total. The number of fused-ring (bicyclic) bond motifs is 1. The number of nitrogens with two attached hydrogens (primary N) is 1. The summed E-state index contributed by atoms with van der Waals surface area (Å²) >= 11 is 6.25. The number of aryl methyl sites for hydroxylation is 1. The minimum Gasteiger partial charge on any atom is -0.377 e. The topological polar surface area (TPSA) is 125 Å². The van der Waals surface area contributed by atoms with Crippen LogP contribution in [-0.2, 0) is 6.42 Å². The fourth-order valence-electron chi connectivity index (χ4n) is 5.65. The fourth-order valence-corrected chi connectivity index (χ4v) is 5.89. The molecular formula is C31H37ClFN7O. The van der Waals surface area contributed by atoms with Crippen LogP contribution in [0.2, 0.25) is 5.02 Å². The van der Waals surface area contributed by atoms with Crippen molar-refractivity contribution in [2.45, 2.75) is 70.0 Å². The van der Waals surface area contributed by atoms with Gasteiger partial charge in [-0.05, 0) is 86.9 Å². The Bertz CT molecular complexity index is 1560. The molecule has 5 rings (SSSR count). The third-order valence-electron chi connectivity index (χ3n) is 7.81. The molecule has 8 nitrogen and oxygen atoms in total. The Hall–Kier alpha value is -3.53. The van der Waals surface area contributed by atoms with Crippen molar-refractivity contribution in [3.63, 3.8) is 0 Å². The van der Waals surface area contributed by atoms with E-state index < -0.39 is 11.5 Å². The molecule has 2 aromatic heterocycles. The lowest BCUT2D eigenvalue weighted by atomic mass is 9.92. The van der Waals surface area contributed by atoms with E-state index in [-0.39, 0.29) is 17.1 Å². The molecule has 0 spiro atoms. The summed E-state index contributed by atoms with van der Waals surface area (Å²) in [6.07, 6.45) is 9.76. The Morgan fingerprint density at radius 2 is 2.07 bits per heavy atom. The van der Waals surface area contributed by atoms with Gasteiger partial charge in [0.15, 0.2) is 5.82 Å². The van der Waals surface area contributed by atoms with E-state index >= 15 is 4.39 Å². The summed E-state index contributed by atoms with van der Waals surface area (Å²) in [6.45, 7) is 2.75. The van der Waals surface area contributed by atoms with Crippen LogP contribution < -0.4 is 22.1 Å². The lowest BCUT2D eigenvalue weighted by molar-refractivity contribution is 0.312. The maximum atomic E-state index is 15.1. The average molecular weight is 578 g/mol. The number of aromatic nitrogens is 3. The Balaban J connectivity index is 1.37. The van der Waals surface area contributed by atoms with Crippen molar-refractivity contribution in [3.05, 3.63) is 81.1 Å². The van der Waals surface area contributed by atoms with Gasteiger partial charge < -0.3 is 21.4 Å². The molecule has 1 aliphatic rings. The molecule has 0 aliphatic carbocycles. The number of hydrogen-bond acceptors (Lipinski definition) is 5. The number of rotatable bonds is 11. The molecule has 0 saturated carbocycles. The van der Waals surface area contributed by atoms with Crippen LogP contribution in [0.15, 0.2) is 53.5 Å². The van der Waals surface area contributed by atoms with Crippen molar-refractivity contribution >= 4 is 29.0 Å². The van der Waals surface area contributed by atoms with Crippen molar-refractivity contribution in [2.24, 2.45) is 5.73 Å². The van der Waals surface area contributed by atoms with Crippen LogP contribution in [0, 0.1) is 11.2 Å². The molecule has 0 unspecified atom stereocenters. The molecule has 4 aromatic rings. The predicted octanol–water partition coefficient (Wildman–Crippen LogP) is 5.61. The molecule has 1 saturated heterocycles. The first-order valence-corrected chi connectivity index (χ1v) is 14.6. The van der Waals surface area contributed by atoms with Gasteiger partial charge in [0.25, 0.3) is 0 Å². The lowest BCUT2D eigenvalue weighted by Crippen LogP contribution is -2.38. The van der Waals surface area contributed by atoms with Crippen molar-refractivity contribution in [1.29, 1.82) is 5.41 Å². The molecule has 0 amide bonds. The second-order valence-corrected chi connectivity index (χ2v) is 11.4. The fraction of sp³-hybridized carbons (Fsp3) is 0.387. The minimum absolute atomic E-state index is 0.0615. The number of nitrogens with one attached hydrogen (secondary N) is 4. The van der Waals surface area contributed by atoms with Crippen molar-refractivity contribution in [2.75, 3.05) is 6.54 Å². The predicted molar refractivity (Wildman–Crippen MR) is 164 cm³/mol. The first-order chi connectivity index (χ1) is 19.8. The highest BCUT2D eigenvalue weighted by Crippen LogP contribution is 2.32. The highest BCUT2D eigenvalue weighted by Gasteiger charge is 2.22. The van der Waals surface area contributed by atoms with E-state index in [0.29, 0.717) is 34.0 Å². The van der Waals surface area contributed by atoms with Crippen molar-refractivity contribution in [1.82, 2.24) is 25.2 Å². The SMILES string of the molecule is C[C@H](N)CCCc1cc(Cl)c(F)c(-c2cc3cn(-c4ccc([C@@H]5CCC[C@@H](CCNC=N)N5)cc4)c(=O)nc3[nH]2)c1. The zero-order valence-electron chi connectivity index (χ0n) is 23.2. The summed E-state index contributed by atoms with van der Waals surface area (Å²) < 4.78 is 16.6. The third-order valence-corrected chi connectivity index (χ3v) is 8.08. The zero-order chi connectivity index (χ0) is 28.9. The van der Waals surface area contributed by atoms with Crippen LogP contribution in [0.25, 0.3) is 28.0 Å². The van der Waals surface area contributed by atoms with E-state index in [9.17, 15) is 4.79 Å². The minimum atomic E-state index is -0.510. The second-order valence-electron chi connectivity index (χ2n) is 11.0. The molecule has 10 heteroatoms. The quantitative estimate of drug-likeness (QED) is 0.0900.